The molecule has 1 unspecified atom stereocenters. The van der Waals surface area contributed by atoms with Crippen LogP contribution in [0.1, 0.15) is 22.9 Å². The van der Waals surface area contributed by atoms with Gasteiger partial charge < -0.3 is 14.3 Å². The third kappa shape index (κ3) is 6.10. The fraction of sp³-hybridized carbons (Fsp3) is 0.0175. The maximum atomic E-state index is 6.96. The molecule has 9 aromatic carbocycles. The van der Waals surface area contributed by atoms with Gasteiger partial charge in [0, 0.05) is 32.7 Å². The summed E-state index contributed by atoms with van der Waals surface area (Å²) in [5.74, 6) is 1.42. The summed E-state index contributed by atoms with van der Waals surface area (Å²) in [7, 11) is 0. The largest absolute Gasteiger partial charge is 0.454 e. The van der Waals surface area contributed by atoms with Gasteiger partial charge in [-0.25, -0.2) is 9.98 Å². The van der Waals surface area contributed by atoms with Crippen LogP contribution < -0.4 is 5.32 Å². The first-order chi connectivity index (χ1) is 30.7. The summed E-state index contributed by atoms with van der Waals surface area (Å²) in [5, 5.41) is 8.01. The Balaban J connectivity index is 1.04. The summed E-state index contributed by atoms with van der Waals surface area (Å²) in [5.41, 5.74) is 14.8. The van der Waals surface area contributed by atoms with Crippen molar-refractivity contribution in [3.8, 4) is 39.1 Å². The number of hydrogen-bond donors (Lipinski definition) is 1. The van der Waals surface area contributed by atoms with Gasteiger partial charge in [-0.05, 0) is 75.3 Å². The lowest BCUT2D eigenvalue weighted by atomic mass is 10.0. The molecule has 1 N–H and O–H groups in total. The van der Waals surface area contributed by atoms with Crippen molar-refractivity contribution in [2.45, 2.75) is 6.17 Å². The zero-order valence-corrected chi connectivity index (χ0v) is 33.6. The summed E-state index contributed by atoms with van der Waals surface area (Å²) >= 11 is 0. The first kappa shape index (κ1) is 35.6. The first-order valence-electron chi connectivity index (χ1n) is 21.0. The summed E-state index contributed by atoms with van der Waals surface area (Å²) in [6.45, 7) is 0. The maximum absolute atomic E-state index is 6.96. The zero-order chi connectivity index (χ0) is 41.0. The minimum Gasteiger partial charge on any atom is -0.454 e. The van der Waals surface area contributed by atoms with Gasteiger partial charge in [0.15, 0.2) is 11.4 Å². The third-order valence-electron chi connectivity index (χ3n) is 12.1. The van der Waals surface area contributed by atoms with Crippen molar-refractivity contribution >= 4 is 55.4 Å². The fourth-order valence-corrected chi connectivity index (χ4v) is 9.07. The highest BCUT2D eigenvalue weighted by atomic mass is 16.3. The molecule has 1 aliphatic rings. The molecular weight excluding hydrogens is 757 g/mol. The molecule has 62 heavy (non-hydrogen) atoms. The number of benzene rings is 9. The van der Waals surface area contributed by atoms with Gasteiger partial charge >= 0.3 is 0 Å². The van der Waals surface area contributed by atoms with E-state index in [1.165, 1.54) is 38.6 Å². The average Bonchev–Trinajstić information content (AvgIpc) is 3.90. The van der Waals surface area contributed by atoms with Crippen LogP contribution in [0.25, 0.3) is 82.8 Å². The number of nitrogens with one attached hydrogen (secondary N) is 1. The quantitative estimate of drug-likeness (QED) is 0.175. The number of rotatable bonds is 7. The van der Waals surface area contributed by atoms with Gasteiger partial charge in [0.2, 0.25) is 0 Å². The Hall–Kier alpha value is -8.28. The lowest BCUT2D eigenvalue weighted by Gasteiger charge is -2.24. The van der Waals surface area contributed by atoms with Crippen LogP contribution in [-0.2, 0) is 0 Å². The minimum absolute atomic E-state index is 0.337. The predicted molar refractivity (Wildman–Crippen MR) is 256 cm³/mol. The van der Waals surface area contributed by atoms with Crippen LogP contribution in [0, 0.1) is 0 Å². The van der Waals surface area contributed by atoms with Crippen molar-refractivity contribution < 1.29 is 4.42 Å². The topological polar surface area (TPSA) is 54.8 Å². The van der Waals surface area contributed by atoms with Crippen LogP contribution >= 0.6 is 0 Å². The SMILES string of the molecule is c1ccc(-c2ccc(C3=NC(c4cccc5oc6c(-n7c8ccc(-c9ccccc9)cc8c8cc(-c9ccccc9)ccc87)cccc6c45)=NC(c4ccccc4)N3)cc2)cc1. The van der Waals surface area contributed by atoms with Crippen molar-refractivity contribution in [2.75, 3.05) is 0 Å². The number of furan rings is 1. The molecule has 5 heteroatoms. The molecule has 0 amide bonds. The highest BCUT2D eigenvalue weighted by molar-refractivity contribution is 6.23. The number of fused-ring (bicyclic) bond motifs is 6. The van der Waals surface area contributed by atoms with E-state index in [2.05, 4.69) is 210 Å². The number of aliphatic imine (C=N–C) groups is 2. The Kier molecular flexibility index (Phi) is 8.49. The maximum Gasteiger partial charge on any atom is 0.160 e. The van der Waals surface area contributed by atoms with E-state index in [0.717, 1.165) is 66.7 Å². The highest BCUT2D eigenvalue weighted by Gasteiger charge is 2.25. The third-order valence-corrected chi connectivity index (χ3v) is 12.1. The van der Waals surface area contributed by atoms with Crippen molar-refractivity contribution in [3.05, 3.63) is 235 Å². The van der Waals surface area contributed by atoms with Crippen LogP contribution in [0.5, 0.6) is 0 Å². The number of hydrogen-bond acceptors (Lipinski definition) is 4. The highest BCUT2D eigenvalue weighted by Crippen LogP contribution is 2.41. The van der Waals surface area contributed by atoms with Gasteiger partial charge in [-0.1, -0.05) is 182 Å². The molecule has 11 aromatic rings. The molecule has 0 radical (unpaired) electrons. The number of aromatic nitrogens is 1. The summed E-state index contributed by atoms with van der Waals surface area (Å²) in [6.07, 6.45) is -0.337. The van der Waals surface area contributed by atoms with Gasteiger partial charge in [-0.15, -0.1) is 0 Å². The van der Waals surface area contributed by atoms with E-state index in [1.807, 2.05) is 18.2 Å². The molecule has 12 rings (SSSR count). The molecular formula is C57H38N4O. The van der Waals surface area contributed by atoms with Crippen LogP contribution in [0.3, 0.4) is 0 Å². The summed E-state index contributed by atoms with van der Waals surface area (Å²) < 4.78 is 9.32. The van der Waals surface area contributed by atoms with E-state index < -0.39 is 0 Å². The molecule has 0 bridgehead atoms. The minimum atomic E-state index is -0.337. The average molecular weight is 795 g/mol. The van der Waals surface area contributed by atoms with Gasteiger partial charge in [0.1, 0.15) is 17.6 Å². The van der Waals surface area contributed by atoms with E-state index in [4.69, 9.17) is 14.4 Å². The standard InChI is InChI=1S/C57H38N4O/c1-5-15-37(16-6-1)40-27-29-42(30-28-40)56-58-55(41-21-11-4-12-22-41)59-57(60-56)46-24-14-26-52-53(46)45-23-13-25-51(54(45)62-52)61-49-33-31-43(38-17-7-2-8-18-38)35-47(49)48-36-44(32-34-50(48)61)39-19-9-3-10-20-39/h1-36,55H,(H,58,59,60). The first-order valence-corrected chi connectivity index (χ1v) is 21.0. The Morgan fingerprint density at radius 2 is 0.952 bits per heavy atom. The molecule has 1 aliphatic heterocycles. The summed E-state index contributed by atoms with van der Waals surface area (Å²) in [6, 6.07) is 76.9. The van der Waals surface area contributed by atoms with Crippen molar-refractivity contribution in [2.24, 2.45) is 9.98 Å². The Morgan fingerprint density at radius 3 is 1.56 bits per heavy atom. The van der Waals surface area contributed by atoms with E-state index in [9.17, 15) is 0 Å². The van der Waals surface area contributed by atoms with E-state index >= 15 is 0 Å². The molecule has 2 aromatic heterocycles. The van der Waals surface area contributed by atoms with Crippen LogP contribution in [0.15, 0.2) is 233 Å². The normalized spacial score (nSPS) is 14.0. The van der Waals surface area contributed by atoms with Crippen LogP contribution in [0.4, 0.5) is 0 Å². The second kappa shape index (κ2) is 14.8. The van der Waals surface area contributed by atoms with Crippen LogP contribution in [0.2, 0.25) is 0 Å². The van der Waals surface area contributed by atoms with Crippen molar-refractivity contribution in [1.82, 2.24) is 9.88 Å². The van der Waals surface area contributed by atoms with E-state index in [1.54, 1.807) is 0 Å². The molecule has 1 atom stereocenters. The molecule has 0 saturated carbocycles. The van der Waals surface area contributed by atoms with Crippen LogP contribution in [-0.4, -0.2) is 16.2 Å². The van der Waals surface area contributed by atoms with Gasteiger partial charge in [-0.3, -0.25) is 0 Å². The fourth-order valence-electron chi connectivity index (χ4n) is 9.07. The lowest BCUT2D eigenvalue weighted by Crippen LogP contribution is -2.33. The van der Waals surface area contributed by atoms with Gasteiger partial charge in [0.25, 0.3) is 0 Å². The zero-order valence-electron chi connectivity index (χ0n) is 33.6. The number of para-hydroxylation sites is 1. The molecule has 3 heterocycles. The Bertz CT molecular complexity index is 3420. The van der Waals surface area contributed by atoms with Crippen molar-refractivity contribution in [1.29, 1.82) is 0 Å². The summed E-state index contributed by atoms with van der Waals surface area (Å²) in [4.78, 5) is 10.6. The van der Waals surface area contributed by atoms with Gasteiger partial charge in [0.05, 0.1) is 16.7 Å². The molecule has 0 spiro atoms. The number of nitrogens with zero attached hydrogens (tertiary/aromatic N) is 3. The second-order valence-electron chi connectivity index (χ2n) is 15.8. The van der Waals surface area contributed by atoms with Gasteiger partial charge in [-0.2, -0.15) is 0 Å². The Labute approximate surface area is 358 Å². The molecule has 0 aliphatic carbocycles. The van der Waals surface area contributed by atoms with Crippen molar-refractivity contribution in [3.63, 3.8) is 0 Å². The van der Waals surface area contributed by atoms with E-state index in [0.29, 0.717) is 5.84 Å². The predicted octanol–water partition coefficient (Wildman–Crippen LogP) is 14.2. The smallest absolute Gasteiger partial charge is 0.160 e. The molecule has 0 fully saturated rings. The molecule has 0 saturated heterocycles. The number of amidine groups is 2. The monoisotopic (exact) mass is 794 g/mol. The molecule has 292 valence electrons. The van der Waals surface area contributed by atoms with E-state index in [-0.39, 0.29) is 6.17 Å². The molecule has 5 nitrogen and oxygen atoms in total. The second-order valence-corrected chi connectivity index (χ2v) is 15.8. The Morgan fingerprint density at radius 1 is 0.435 bits per heavy atom. The lowest BCUT2D eigenvalue weighted by molar-refractivity contribution is 0.666.